The van der Waals surface area contributed by atoms with E-state index >= 15 is 0 Å². The Morgan fingerprint density at radius 2 is 1.39 bits per heavy atom. The minimum Gasteiger partial charge on any atom is -0.0628 e. The van der Waals surface area contributed by atoms with Gasteiger partial charge in [-0.2, -0.15) is 0 Å². The summed E-state index contributed by atoms with van der Waals surface area (Å²) in [5.41, 5.74) is 4.85. The Hall–Kier alpha value is -1.08. The molecular weight excluding hydrogens is 352 g/mol. The van der Waals surface area contributed by atoms with E-state index in [2.05, 4.69) is 50.2 Å². The van der Waals surface area contributed by atoms with Gasteiger partial charge in [0.15, 0.2) is 0 Å². The fourth-order valence-corrected chi connectivity index (χ4v) is 16.2. The van der Waals surface area contributed by atoms with Crippen molar-refractivity contribution in [1.29, 1.82) is 0 Å². The molecule has 0 radical (unpaired) electrons. The fraction of sp³-hybridized carbons (Fsp3) is 0.630. The van der Waals surface area contributed by atoms with Crippen molar-refractivity contribution < 1.29 is 0 Å². The molecule has 0 nitrogen and oxygen atoms in total. The second-order valence-corrected chi connectivity index (χ2v) is 15.2. The number of benzene rings is 2. The molecule has 1 atom stereocenters. The molecule has 2 fully saturated rings. The van der Waals surface area contributed by atoms with Crippen molar-refractivity contribution in [2.45, 2.75) is 101 Å². The highest BCUT2D eigenvalue weighted by Crippen LogP contribution is 2.60. The predicted octanol–water partition coefficient (Wildman–Crippen LogP) is 7.85. The summed E-state index contributed by atoms with van der Waals surface area (Å²) < 4.78 is 0. The van der Waals surface area contributed by atoms with Gasteiger partial charge in [0.2, 0.25) is 0 Å². The van der Waals surface area contributed by atoms with E-state index in [1.807, 2.05) is 5.19 Å². The second-order valence-electron chi connectivity index (χ2n) is 10.5. The van der Waals surface area contributed by atoms with E-state index < -0.39 is 8.07 Å². The molecule has 1 heteroatoms. The van der Waals surface area contributed by atoms with E-state index in [1.54, 1.807) is 36.6 Å². The molecule has 2 saturated carbocycles. The molecule has 5 rings (SSSR count). The summed E-state index contributed by atoms with van der Waals surface area (Å²) in [6.07, 6.45) is 16.6. The molecule has 28 heavy (non-hydrogen) atoms. The zero-order valence-corrected chi connectivity index (χ0v) is 19.1. The molecule has 1 unspecified atom stereocenters. The average molecular weight is 391 g/mol. The molecule has 1 heterocycles. The number of fused-ring (bicyclic) bond motifs is 3. The van der Waals surface area contributed by atoms with Crippen LogP contribution in [0.4, 0.5) is 0 Å². The summed E-state index contributed by atoms with van der Waals surface area (Å²) in [5, 5.41) is 5.12. The van der Waals surface area contributed by atoms with E-state index in [9.17, 15) is 0 Å². The first-order chi connectivity index (χ1) is 13.7. The Morgan fingerprint density at radius 1 is 0.786 bits per heavy atom. The molecule has 0 saturated heterocycles. The third-order valence-electron chi connectivity index (χ3n) is 8.61. The maximum atomic E-state index is 2.56. The van der Waals surface area contributed by atoms with Gasteiger partial charge in [-0.05, 0) is 50.5 Å². The Labute approximate surface area is 173 Å². The molecule has 0 amide bonds. The highest BCUT2D eigenvalue weighted by atomic mass is 28.3. The summed E-state index contributed by atoms with van der Waals surface area (Å²) in [5.74, 6) is 0.823. The molecule has 2 aromatic carbocycles. The summed E-state index contributed by atoms with van der Waals surface area (Å²) in [4.78, 5) is 0. The summed E-state index contributed by atoms with van der Waals surface area (Å²) >= 11 is 0. The molecule has 1 aliphatic heterocycles. The van der Waals surface area contributed by atoms with E-state index in [-0.39, 0.29) is 0 Å². The van der Waals surface area contributed by atoms with Crippen LogP contribution in [-0.4, -0.2) is 8.07 Å². The lowest BCUT2D eigenvalue weighted by molar-refractivity contribution is 0.432. The van der Waals surface area contributed by atoms with Gasteiger partial charge in [0.05, 0.1) is 0 Å². The van der Waals surface area contributed by atoms with Crippen LogP contribution in [0.1, 0.15) is 95.6 Å². The van der Waals surface area contributed by atoms with Crippen molar-refractivity contribution in [1.82, 2.24) is 0 Å². The number of hydrogen-bond acceptors (Lipinski definition) is 0. The molecule has 0 bridgehead atoms. The lowest BCUT2D eigenvalue weighted by Gasteiger charge is -2.60. The highest BCUT2D eigenvalue weighted by Gasteiger charge is 2.61. The second kappa shape index (κ2) is 7.63. The third-order valence-corrected chi connectivity index (χ3v) is 15.6. The summed E-state index contributed by atoms with van der Waals surface area (Å²) in [6.45, 7) is 4.94. The number of rotatable bonds is 4. The topological polar surface area (TPSA) is 0 Å². The first kappa shape index (κ1) is 18.9. The maximum Gasteiger partial charge on any atom is 0.101 e. The van der Waals surface area contributed by atoms with Crippen molar-refractivity contribution in [2.24, 2.45) is 5.92 Å². The van der Waals surface area contributed by atoms with Crippen LogP contribution >= 0.6 is 0 Å². The van der Waals surface area contributed by atoms with Gasteiger partial charge in [-0.3, -0.25) is 0 Å². The van der Waals surface area contributed by atoms with Gasteiger partial charge in [-0.25, -0.2) is 0 Å². The third kappa shape index (κ3) is 2.83. The number of hydrogen-bond donors (Lipinski definition) is 0. The van der Waals surface area contributed by atoms with Gasteiger partial charge in [-0.15, -0.1) is 0 Å². The first-order valence-corrected chi connectivity index (χ1v) is 14.5. The van der Waals surface area contributed by atoms with E-state index in [0.717, 1.165) is 22.5 Å². The van der Waals surface area contributed by atoms with Crippen molar-refractivity contribution >= 4 is 24.0 Å². The van der Waals surface area contributed by atoms with Gasteiger partial charge in [0.25, 0.3) is 0 Å². The SMILES string of the molecule is CC(C)CC1c2ccc3ccccc3c2[Si]1(C1CCCCC1)C1CCCCC1. The lowest BCUT2D eigenvalue weighted by Crippen LogP contribution is -2.70. The molecule has 0 spiro atoms. The van der Waals surface area contributed by atoms with E-state index in [1.165, 1.54) is 50.3 Å². The van der Waals surface area contributed by atoms with E-state index in [4.69, 9.17) is 0 Å². The zero-order valence-electron chi connectivity index (χ0n) is 18.1. The Morgan fingerprint density at radius 3 is 2.00 bits per heavy atom. The average Bonchev–Trinajstić information content (AvgIpc) is 2.73. The highest BCUT2D eigenvalue weighted by molar-refractivity contribution is 7.00. The maximum absolute atomic E-state index is 2.56. The minimum absolute atomic E-state index is 0.823. The van der Waals surface area contributed by atoms with Gasteiger partial charge >= 0.3 is 0 Å². The molecule has 2 aromatic rings. The van der Waals surface area contributed by atoms with Gasteiger partial charge in [0.1, 0.15) is 8.07 Å². The van der Waals surface area contributed by atoms with Crippen LogP contribution in [0.5, 0.6) is 0 Å². The zero-order chi connectivity index (χ0) is 19.1. The standard InChI is InChI=1S/C27H38Si/c1-20(2)19-26-25-18-17-21-11-9-10-16-24(21)27(25)28(26,22-12-5-3-6-13-22)23-14-7-4-8-15-23/h9-11,16-18,20,22-23,26H,3-8,12-15,19H2,1-2H3. The molecule has 2 aliphatic carbocycles. The molecule has 3 aliphatic rings. The van der Waals surface area contributed by atoms with Crippen molar-refractivity contribution in [3.63, 3.8) is 0 Å². The monoisotopic (exact) mass is 390 g/mol. The van der Waals surface area contributed by atoms with Crippen LogP contribution in [0.3, 0.4) is 0 Å². The molecule has 0 aromatic heterocycles. The van der Waals surface area contributed by atoms with Crippen LogP contribution < -0.4 is 5.19 Å². The Balaban J connectivity index is 1.72. The smallest absolute Gasteiger partial charge is 0.0628 e. The van der Waals surface area contributed by atoms with Gasteiger partial charge in [0, 0.05) is 0 Å². The van der Waals surface area contributed by atoms with Crippen LogP contribution in [0.25, 0.3) is 10.8 Å². The normalized spacial score (nSPS) is 25.6. The summed E-state index contributed by atoms with van der Waals surface area (Å²) in [6, 6.07) is 14.4. The van der Waals surface area contributed by atoms with Gasteiger partial charge in [-0.1, -0.05) is 114 Å². The van der Waals surface area contributed by atoms with E-state index in [0.29, 0.717) is 0 Å². The molecule has 150 valence electrons. The first-order valence-electron chi connectivity index (χ1n) is 12.2. The predicted molar refractivity (Wildman–Crippen MR) is 125 cm³/mol. The van der Waals surface area contributed by atoms with Crippen LogP contribution in [0.2, 0.25) is 11.1 Å². The van der Waals surface area contributed by atoms with Crippen molar-refractivity contribution in [3.8, 4) is 0 Å². The quantitative estimate of drug-likeness (QED) is 0.466. The fourth-order valence-electron chi connectivity index (χ4n) is 7.68. The molecular formula is C27H38Si. The van der Waals surface area contributed by atoms with Crippen molar-refractivity contribution in [3.05, 3.63) is 42.0 Å². The minimum atomic E-state index is -1.52. The largest absolute Gasteiger partial charge is 0.101 e. The van der Waals surface area contributed by atoms with Crippen LogP contribution in [0.15, 0.2) is 36.4 Å². The van der Waals surface area contributed by atoms with Crippen LogP contribution in [-0.2, 0) is 0 Å². The lowest BCUT2D eigenvalue weighted by atomic mass is 9.96. The molecule has 0 N–H and O–H groups in total. The van der Waals surface area contributed by atoms with Crippen LogP contribution in [0, 0.1) is 5.92 Å². The van der Waals surface area contributed by atoms with Crippen molar-refractivity contribution in [2.75, 3.05) is 0 Å². The Kier molecular flexibility index (Phi) is 5.16. The summed E-state index contributed by atoms with van der Waals surface area (Å²) in [7, 11) is -1.52. The Bertz CT molecular complexity index is 805. The van der Waals surface area contributed by atoms with Gasteiger partial charge < -0.3 is 0 Å².